The van der Waals surface area contributed by atoms with Gasteiger partial charge in [-0.2, -0.15) is 0 Å². The predicted molar refractivity (Wildman–Crippen MR) is 92.1 cm³/mol. The summed E-state index contributed by atoms with van der Waals surface area (Å²) < 4.78 is 0. The quantitative estimate of drug-likeness (QED) is 0.621. The van der Waals surface area contributed by atoms with Gasteiger partial charge in [-0.15, -0.1) is 17.9 Å². The molecule has 0 saturated heterocycles. The van der Waals surface area contributed by atoms with E-state index in [0.29, 0.717) is 24.2 Å². The molecule has 5 nitrogen and oxygen atoms in total. The van der Waals surface area contributed by atoms with Crippen LogP contribution in [0.3, 0.4) is 0 Å². The molecule has 0 spiro atoms. The van der Waals surface area contributed by atoms with Gasteiger partial charge in [-0.05, 0) is 29.6 Å². The molecule has 0 aliphatic carbocycles. The van der Waals surface area contributed by atoms with Crippen molar-refractivity contribution in [2.75, 3.05) is 13.6 Å². The summed E-state index contributed by atoms with van der Waals surface area (Å²) in [6.45, 7) is 4.58. The first kappa shape index (κ1) is 16.1. The Bertz CT molecular complexity index is 827. The number of benzene rings is 1. The van der Waals surface area contributed by atoms with Crippen molar-refractivity contribution in [3.05, 3.63) is 69.9 Å². The van der Waals surface area contributed by atoms with Crippen LogP contribution in [0.4, 0.5) is 0 Å². The Labute approximate surface area is 143 Å². The second-order valence-corrected chi connectivity index (χ2v) is 6.52. The van der Waals surface area contributed by atoms with Crippen LogP contribution in [-0.4, -0.2) is 41.1 Å². The number of carbonyl (C=O) groups is 3. The Kier molecular flexibility index (Phi) is 4.31. The molecule has 2 aromatic rings. The molecule has 1 aromatic carbocycles. The van der Waals surface area contributed by atoms with Gasteiger partial charge in [0.05, 0.1) is 17.7 Å². The first-order valence-electron chi connectivity index (χ1n) is 7.42. The predicted octanol–water partition coefficient (Wildman–Crippen LogP) is 2.80. The van der Waals surface area contributed by atoms with Crippen molar-refractivity contribution in [3.63, 3.8) is 0 Å². The summed E-state index contributed by atoms with van der Waals surface area (Å²) in [7, 11) is 1.44. The van der Waals surface area contributed by atoms with Gasteiger partial charge in [0.25, 0.3) is 17.7 Å². The Morgan fingerprint density at radius 3 is 2.67 bits per heavy atom. The van der Waals surface area contributed by atoms with Crippen LogP contribution in [-0.2, 0) is 6.54 Å². The maximum absolute atomic E-state index is 12.8. The molecule has 1 aromatic heterocycles. The highest BCUT2D eigenvalue weighted by atomic mass is 32.1. The first-order chi connectivity index (χ1) is 11.5. The van der Waals surface area contributed by atoms with E-state index in [4.69, 9.17) is 0 Å². The van der Waals surface area contributed by atoms with E-state index in [-0.39, 0.29) is 23.3 Å². The lowest BCUT2D eigenvalue weighted by molar-refractivity contribution is 0.0692. The minimum atomic E-state index is -0.377. The monoisotopic (exact) mass is 340 g/mol. The average Bonchev–Trinajstić information content (AvgIpc) is 3.17. The minimum Gasteiger partial charge on any atom is -0.330 e. The molecule has 0 bridgehead atoms. The number of carbonyl (C=O) groups excluding carboxylic acids is 3. The number of thiophene rings is 1. The third-order valence-electron chi connectivity index (χ3n) is 3.90. The van der Waals surface area contributed by atoms with Crippen molar-refractivity contribution in [3.8, 4) is 0 Å². The molecule has 24 heavy (non-hydrogen) atoms. The molecular weight excluding hydrogens is 324 g/mol. The van der Waals surface area contributed by atoms with Crippen molar-refractivity contribution >= 4 is 29.1 Å². The van der Waals surface area contributed by atoms with Crippen molar-refractivity contribution in [2.45, 2.75) is 6.54 Å². The van der Waals surface area contributed by atoms with Crippen LogP contribution in [0, 0.1) is 0 Å². The highest BCUT2D eigenvalue weighted by Gasteiger charge is 2.33. The highest BCUT2D eigenvalue weighted by molar-refractivity contribution is 7.09. The number of hydrogen-bond acceptors (Lipinski definition) is 4. The topological polar surface area (TPSA) is 57.7 Å². The second kappa shape index (κ2) is 6.41. The van der Waals surface area contributed by atoms with Crippen LogP contribution >= 0.6 is 11.3 Å². The molecule has 0 radical (unpaired) electrons. The Morgan fingerprint density at radius 1 is 1.25 bits per heavy atom. The average molecular weight is 340 g/mol. The molecule has 122 valence electrons. The van der Waals surface area contributed by atoms with Gasteiger partial charge in [-0.1, -0.05) is 12.1 Å². The van der Waals surface area contributed by atoms with Crippen molar-refractivity contribution in [2.24, 2.45) is 0 Å². The van der Waals surface area contributed by atoms with Gasteiger partial charge in [0.15, 0.2) is 0 Å². The summed E-state index contributed by atoms with van der Waals surface area (Å²) >= 11 is 1.58. The van der Waals surface area contributed by atoms with E-state index in [1.165, 1.54) is 13.1 Å². The molecule has 2 heterocycles. The number of nitrogens with zero attached hydrogens (tertiary/aromatic N) is 2. The van der Waals surface area contributed by atoms with Gasteiger partial charge in [0, 0.05) is 24.0 Å². The number of hydrogen-bond donors (Lipinski definition) is 0. The van der Waals surface area contributed by atoms with E-state index in [1.807, 2.05) is 17.5 Å². The lowest BCUT2D eigenvalue weighted by Gasteiger charge is -2.20. The van der Waals surface area contributed by atoms with Gasteiger partial charge in [-0.3, -0.25) is 19.3 Å². The van der Waals surface area contributed by atoms with Crippen molar-refractivity contribution < 1.29 is 14.4 Å². The van der Waals surface area contributed by atoms with Gasteiger partial charge in [-0.25, -0.2) is 0 Å². The Morgan fingerprint density at radius 2 is 2.00 bits per heavy atom. The lowest BCUT2D eigenvalue weighted by atomic mass is 10.0. The van der Waals surface area contributed by atoms with E-state index in [2.05, 4.69) is 6.58 Å². The van der Waals surface area contributed by atoms with Crippen LogP contribution < -0.4 is 0 Å². The fourth-order valence-corrected chi connectivity index (χ4v) is 3.36. The van der Waals surface area contributed by atoms with Gasteiger partial charge in [0.1, 0.15) is 0 Å². The molecule has 0 saturated carbocycles. The van der Waals surface area contributed by atoms with Crippen LogP contribution in [0.1, 0.15) is 36.0 Å². The highest BCUT2D eigenvalue weighted by Crippen LogP contribution is 2.24. The van der Waals surface area contributed by atoms with Crippen molar-refractivity contribution in [1.29, 1.82) is 0 Å². The molecule has 3 rings (SSSR count). The molecule has 1 aliphatic rings. The molecule has 0 fully saturated rings. The first-order valence-corrected chi connectivity index (χ1v) is 8.30. The van der Waals surface area contributed by atoms with Gasteiger partial charge >= 0.3 is 0 Å². The third kappa shape index (κ3) is 2.76. The van der Waals surface area contributed by atoms with E-state index >= 15 is 0 Å². The van der Waals surface area contributed by atoms with Gasteiger partial charge in [0.2, 0.25) is 0 Å². The number of fused-ring (bicyclic) bond motifs is 1. The Balaban J connectivity index is 1.90. The Hall–Kier alpha value is -2.73. The smallest absolute Gasteiger partial charge is 0.261 e. The molecule has 3 amide bonds. The summed E-state index contributed by atoms with van der Waals surface area (Å²) in [5.74, 6) is -0.908. The van der Waals surface area contributed by atoms with Crippen LogP contribution in [0.2, 0.25) is 0 Å². The summed E-state index contributed by atoms with van der Waals surface area (Å²) in [6.07, 6.45) is 1.67. The normalized spacial score (nSPS) is 13.1. The molecular formula is C18H16N2O3S. The number of amides is 3. The van der Waals surface area contributed by atoms with E-state index in [1.54, 1.807) is 34.4 Å². The lowest BCUT2D eigenvalue weighted by Crippen LogP contribution is -2.30. The third-order valence-corrected chi connectivity index (χ3v) is 4.76. The fourth-order valence-electron chi connectivity index (χ4n) is 2.64. The van der Waals surface area contributed by atoms with E-state index in [9.17, 15) is 14.4 Å². The fraction of sp³-hybridized carbons (Fsp3) is 0.167. The number of imide groups is 1. The van der Waals surface area contributed by atoms with E-state index in [0.717, 1.165) is 9.78 Å². The standard InChI is InChI=1S/C18H16N2O3S/c1-3-8-20(11-13-5-4-9-24-13)16(21)12-6-7-14-15(10-12)18(23)19(2)17(14)22/h3-7,9-10H,1,8,11H2,2H3. The SMILES string of the molecule is C=CCN(Cc1cccs1)C(=O)c1ccc2c(c1)C(=O)N(C)C2=O. The molecule has 0 N–H and O–H groups in total. The second-order valence-electron chi connectivity index (χ2n) is 5.48. The summed E-state index contributed by atoms with van der Waals surface area (Å²) in [6, 6.07) is 8.55. The molecule has 6 heteroatoms. The minimum absolute atomic E-state index is 0.194. The zero-order valence-electron chi connectivity index (χ0n) is 13.2. The molecule has 0 unspecified atom stereocenters. The zero-order valence-corrected chi connectivity index (χ0v) is 14.0. The maximum Gasteiger partial charge on any atom is 0.261 e. The maximum atomic E-state index is 12.8. The van der Waals surface area contributed by atoms with Crippen LogP contribution in [0.5, 0.6) is 0 Å². The zero-order chi connectivity index (χ0) is 17.3. The van der Waals surface area contributed by atoms with Crippen LogP contribution in [0.25, 0.3) is 0 Å². The largest absolute Gasteiger partial charge is 0.330 e. The molecule has 0 atom stereocenters. The van der Waals surface area contributed by atoms with Crippen LogP contribution in [0.15, 0.2) is 48.4 Å². The van der Waals surface area contributed by atoms with Crippen molar-refractivity contribution in [1.82, 2.24) is 9.80 Å². The van der Waals surface area contributed by atoms with Gasteiger partial charge < -0.3 is 4.90 Å². The van der Waals surface area contributed by atoms with E-state index < -0.39 is 0 Å². The number of rotatable bonds is 5. The molecule has 1 aliphatic heterocycles. The summed E-state index contributed by atoms with van der Waals surface area (Å²) in [4.78, 5) is 40.6. The summed E-state index contributed by atoms with van der Waals surface area (Å²) in [5, 5.41) is 1.96. The summed E-state index contributed by atoms with van der Waals surface area (Å²) in [5.41, 5.74) is 1.01.